The minimum Gasteiger partial charge on any atom is -0.496 e. The van der Waals surface area contributed by atoms with Crippen molar-refractivity contribution in [1.29, 1.82) is 5.26 Å². The Morgan fingerprint density at radius 3 is 2.63 bits per heavy atom. The van der Waals surface area contributed by atoms with Crippen molar-refractivity contribution in [3.63, 3.8) is 0 Å². The second-order valence-electron chi connectivity index (χ2n) is 9.13. The number of nitriles is 1. The standard InChI is InChI=1S/C28H29N5O5/c1-35-22-16-33(17-22)27(34)23-5-4-20(14-26(23)36-2)31-28-30-10-7-24(32-28)18-3-6-25(19(13-18)15-29)38-21-8-11-37-12-9-21/h3-7,10,13-14,21-22H,8-9,11-12,16-17H2,1-2H3,(H,30,31,32). The van der Waals surface area contributed by atoms with Gasteiger partial charge < -0.3 is 29.2 Å². The van der Waals surface area contributed by atoms with Crippen LogP contribution < -0.4 is 14.8 Å². The van der Waals surface area contributed by atoms with Crippen LogP contribution in [0.25, 0.3) is 11.3 Å². The molecular weight excluding hydrogens is 486 g/mol. The lowest BCUT2D eigenvalue weighted by atomic mass is 10.1. The lowest BCUT2D eigenvalue weighted by Gasteiger charge is -2.38. The Morgan fingerprint density at radius 2 is 1.89 bits per heavy atom. The highest BCUT2D eigenvalue weighted by Gasteiger charge is 2.32. The summed E-state index contributed by atoms with van der Waals surface area (Å²) in [5.41, 5.74) is 3.03. The summed E-state index contributed by atoms with van der Waals surface area (Å²) >= 11 is 0. The fraction of sp³-hybridized carbons (Fsp3) is 0.357. The highest BCUT2D eigenvalue weighted by atomic mass is 16.5. The molecule has 10 nitrogen and oxygen atoms in total. The molecule has 0 radical (unpaired) electrons. The van der Waals surface area contributed by atoms with E-state index in [1.807, 2.05) is 12.1 Å². The molecule has 1 amide bonds. The van der Waals surface area contributed by atoms with E-state index in [4.69, 9.17) is 18.9 Å². The van der Waals surface area contributed by atoms with Crippen LogP contribution in [0.3, 0.4) is 0 Å². The molecule has 0 aliphatic carbocycles. The number of carbonyl (C=O) groups is 1. The normalized spacial score (nSPS) is 15.9. The van der Waals surface area contributed by atoms with Gasteiger partial charge in [-0.3, -0.25) is 4.79 Å². The first kappa shape index (κ1) is 25.4. The minimum absolute atomic E-state index is 0.0448. The molecule has 2 aliphatic heterocycles. The van der Waals surface area contributed by atoms with E-state index < -0.39 is 0 Å². The van der Waals surface area contributed by atoms with Crippen LogP contribution in [0.15, 0.2) is 48.7 Å². The van der Waals surface area contributed by atoms with Gasteiger partial charge in [-0.1, -0.05) is 0 Å². The van der Waals surface area contributed by atoms with E-state index in [0.717, 1.165) is 18.4 Å². The molecule has 3 aromatic rings. The summed E-state index contributed by atoms with van der Waals surface area (Å²) in [5.74, 6) is 1.29. The Labute approximate surface area is 221 Å². The van der Waals surface area contributed by atoms with Crippen molar-refractivity contribution in [2.75, 3.05) is 45.8 Å². The van der Waals surface area contributed by atoms with E-state index >= 15 is 0 Å². The molecule has 1 aromatic heterocycles. The third kappa shape index (κ3) is 5.54. The van der Waals surface area contributed by atoms with Crippen molar-refractivity contribution in [3.8, 4) is 28.8 Å². The number of nitrogens with one attached hydrogen (secondary N) is 1. The second kappa shape index (κ2) is 11.5. The Kier molecular flexibility index (Phi) is 7.67. The van der Waals surface area contributed by atoms with E-state index in [-0.39, 0.29) is 18.1 Å². The largest absolute Gasteiger partial charge is 0.496 e. The second-order valence-corrected chi connectivity index (χ2v) is 9.13. The van der Waals surface area contributed by atoms with Crippen molar-refractivity contribution in [2.45, 2.75) is 25.0 Å². The highest BCUT2D eigenvalue weighted by molar-refractivity contribution is 5.98. The smallest absolute Gasteiger partial charge is 0.257 e. The maximum atomic E-state index is 12.8. The summed E-state index contributed by atoms with van der Waals surface area (Å²) in [6.07, 6.45) is 3.38. The van der Waals surface area contributed by atoms with Gasteiger partial charge in [-0.2, -0.15) is 5.26 Å². The Bertz CT molecular complexity index is 1350. The SMILES string of the molecule is COc1cc(Nc2nccc(-c3ccc(OC4CCOCC4)c(C#N)c3)n2)ccc1C(=O)N1CC(OC)C1. The van der Waals surface area contributed by atoms with Gasteiger partial charge in [0.1, 0.15) is 23.7 Å². The first-order chi connectivity index (χ1) is 18.6. The van der Waals surface area contributed by atoms with Crippen LogP contribution >= 0.6 is 0 Å². The highest BCUT2D eigenvalue weighted by Crippen LogP contribution is 2.30. The van der Waals surface area contributed by atoms with Gasteiger partial charge >= 0.3 is 0 Å². The van der Waals surface area contributed by atoms with Crippen LogP contribution in [0, 0.1) is 11.3 Å². The molecule has 2 fully saturated rings. The number of amides is 1. The monoisotopic (exact) mass is 515 g/mol. The summed E-state index contributed by atoms with van der Waals surface area (Å²) in [5, 5.41) is 12.9. The molecule has 0 saturated carbocycles. The summed E-state index contributed by atoms with van der Waals surface area (Å²) in [7, 11) is 3.17. The summed E-state index contributed by atoms with van der Waals surface area (Å²) in [6, 6.07) is 14.7. The van der Waals surface area contributed by atoms with Crippen LogP contribution in [0.4, 0.5) is 11.6 Å². The quantitative estimate of drug-likeness (QED) is 0.478. The minimum atomic E-state index is -0.0995. The molecule has 1 N–H and O–H groups in total. The summed E-state index contributed by atoms with van der Waals surface area (Å²) in [6.45, 7) is 2.46. The summed E-state index contributed by atoms with van der Waals surface area (Å²) in [4.78, 5) is 23.5. The lowest BCUT2D eigenvalue weighted by Crippen LogP contribution is -2.54. The molecule has 5 rings (SSSR count). The zero-order valence-corrected chi connectivity index (χ0v) is 21.3. The molecule has 2 saturated heterocycles. The predicted octanol–water partition coefficient (Wildman–Crippen LogP) is 3.80. The number of hydrogen-bond donors (Lipinski definition) is 1. The van der Waals surface area contributed by atoms with Gasteiger partial charge in [0.15, 0.2) is 0 Å². The van der Waals surface area contributed by atoms with Crippen LogP contribution in [-0.4, -0.2) is 73.5 Å². The average Bonchev–Trinajstić information content (AvgIpc) is 2.93. The fourth-order valence-corrected chi connectivity index (χ4v) is 4.43. The molecule has 196 valence electrons. The third-order valence-corrected chi connectivity index (χ3v) is 6.67. The van der Waals surface area contributed by atoms with Gasteiger partial charge in [0, 0.05) is 56.6 Å². The van der Waals surface area contributed by atoms with Crippen LogP contribution in [-0.2, 0) is 9.47 Å². The number of hydrogen-bond acceptors (Lipinski definition) is 9. The molecule has 2 aromatic carbocycles. The number of methoxy groups -OCH3 is 2. The van der Waals surface area contributed by atoms with E-state index in [0.29, 0.717) is 66.3 Å². The Morgan fingerprint density at radius 1 is 1.08 bits per heavy atom. The molecule has 0 unspecified atom stereocenters. The molecule has 10 heteroatoms. The van der Waals surface area contributed by atoms with Gasteiger partial charge in [-0.15, -0.1) is 0 Å². The van der Waals surface area contributed by atoms with Crippen LogP contribution in [0.1, 0.15) is 28.8 Å². The topological polar surface area (TPSA) is 119 Å². The fourth-order valence-electron chi connectivity index (χ4n) is 4.43. The number of aromatic nitrogens is 2. The molecule has 0 spiro atoms. The van der Waals surface area contributed by atoms with Crippen molar-refractivity contribution < 1.29 is 23.7 Å². The number of ether oxygens (including phenoxy) is 4. The van der Waals surface area contributed by atoms with Crippen LogP contribution in [0.5, 0.6) is 11.5 Å². The maximum Gasteiger partial charge on any atom is 0.257 e. The van der Waals surface area contributed by atoms with Gasteiger partial charge in [-0.25, -0.2) is 9.97 Å². The third-order valence-electron chi connectivity index (χ3n) is 6.67. The van der Waals surface area contributed by atoms with Gasteiger partial charge in [0.05, 0.1) is 43.2 Å². The van der Waals surface area contributed by atoms with Crippen molar-refractivity contribution >= 4 is 17.5 Å². The summed E-state index contributed by atoms with van der Waals surface area (Å²) < 4.78 is 22.2. The van der Waals surface area contributed by atoms with Crippen molar-refractivity contribution in [3.05, 3.63) is 59.8 Å². The molecular formula is C28H29N5O5. The number of anilines is 2. The van der Waals surface area contributed by atoms with Gasteiger partial charge in [-0.05, 0) is 36.4 Å². The first-order valence-electron chi connectivity index (χ1n) is 12.5. The van der Waals surface area contributed by atoms with E-state index in [2.05, 4.69) is 21.4 Å². The van der Waals surface area contributed by atoms with E-state index in [1.165, 1.54) is 7.11 Å². The Hall–Kier alpha value is -4.20. The first-order valence-corrected chi connectivity index (χ1v) is 12.5. The number of benzene rings is 2. The average molecular weight is 516 g/mol. The predicted molar refractivity (Wildman–Crippen MR) is 140 cm³/mol. The number of rotatable bonds is 8. The van der Waals surface area contributed by atoms with E-state index in [1.54, 1.807) is 48.5 Å². The van der Waals surface area contributed by atoms with Gasteiger partial charge in [0.25, 0.3) is 5.91 Å². The molecule has 0 atom stereocenters. The van der Waals surface area contributed by atoms with Crippen molar-refractivity contribution in [1.82, 2.24) is 14.9 Å². The zero-order valence-electron chi connectivity index (χ0n) is 21.3. The lowest BCUT2D eigenvalue weighted by molar-refractivity contribution is -0.0193. The van der Waals surface area contributed by atoms with Crippen molar-refractivity contribution in [2.24, 2.45) is 0 Å². The zero-order chi connectivity index (χ0) is 26.5. The Balaban J connectivity index is 1.31. The molecule has 2 aliphatic rings. The molecule has 3 heterocycles. The number of nitrogens with zero attached hydrogens (tertiary/aromatic N) is 4. The van der Waals surface area contributed by atoms with Gasteiger partial charge in [0.2, 0.25) is 5.95 Å². The molecule has 0 bridgehead atoms. The van der Waals surface area contributed by atoms with E-state index in [9.17, 15) is 10.1 Å². The van der Waals surface area contributed by atoms with Crippen LogP contribution in [0.2, 0.25) is 0 Å². The molecule has 38 heavy (non-hydrogen) atoms. The number of likely N-dealkylation sites (tertiary alicyclic amines) is 1. The number of carbonyl (C=O) groups excluding carboxylic acids is 1. The maximum absolute atomic E-state index is 12.8.